The van der Waals surface area contributed by atoms with Gasteiger partial charge >= 0.3 is 0 Å². The first-order chi connectivity index (χ1) is 14.7. The van der Waals surface area contributed by atoms with Gasteiger partial charge < -0.3 is 20.1 Å². The van der Waals surface area contributed by atoms with Crippen molar-refractivity contribution in [3.63, 3.8) is 0 Å². The summed E-state index contributed by atoms with van der Waals surface area (Å²) in [5, 5.41) is 15.1. The number of hydrogen-bond donors (Lipinski definition) is 2. The van der Waals surface area contributed by atoms with E-state index >= 15 is 0 Å². The molecule has 2 aromatic heterocycles. The number of pyridine rings is 1. The van der Waals surface area contributed by atoms with E-state index in [0.29, 0.717) is 25.7 Å². The summed E-state index contributed by atoms with van der Waals surface area (Å²) in [5.74, 6) is 2.40. The molecule has 1 aliphatic rings. The topological polar surface area (TPSA) is 85.1 Å². The van der Waals surface area contributed by atoms with Gasteiger partial charge in [-0.15, -0.1) is 10.2 Å². The highest BCUT2D eigenvalue weighted by atomic mass is 16.5. The molecule has 1 saturated heterocycles. The van der Waals surface area contributed by atoms with Crippen LogP contribution < -0.4 is 15.4 Å². The summed E-state index contributed by atoms with van der Waals surface area (Å²) in [6.07, 6.45) is 4.32. The van der Waals surface area contributed by atoms with Crippen molar-refractivity contribution in [2.24, 2.45) is 4.99 Å². The standard InChI is InChI=1S/C22H28N6O2/c1-16-8-9-17(19(12-16)30-15-18-6-5-11-29-18)13-24-22(23-2)25-14-21-27-26-20-7-3-4-10-28(20)21/h3-4,7-10,12,18H,5-6,11,13-15H2,1-2H3,(H2,23,24,25). The molecule has 1 aliphatic heterocycles. The van der Waals surface area contributed by atoms with Gasteiger partial charge in [-0.1, -0.05) is 18.2 Å². The second-order valence-electron chi connectivity index (χ2n) is 7.38. The van der Waals surface area contributed by atoms with E-state index in [1.54, 1.807) is 7.05 Å². The molecule has 30 heavy (non-hydrogen) atoms. The van der Waals surface area contributed by atoms with Crippen LogP contribution in [0.1, 0.15) is 29.8 Å². The van der Waals surface area contributed by atoms with Crippen molar-refractivity contribution in [3.05, 3.63) is 59.5 Å². The second-order valence-corrected chi connectivity index (χ2v) is 7.38. The molecule has 0 radical (unpaired) electrons. The van der Waals surface area contributed by atoms with Crippen molar-refractivity contribution in [2.45, 2.75) is 39.0 Å². The van der Waals surface area contributed by atoms with Gasteiger partial charge in [0.1, 0.15) is 12.4 Å². The van der Waals surface area contributed by atoms with Crippen LogP contribution in [0.5, 0.6) is 5.75 Å². The summed E-state index contributed by atoms with van der Waals surface area (Å²) in [6.45, 7) is 4.60. The van der Waals surface area contributed by atoms with Gasteiger partial charge in [0.05, 0.1) is 12.6 Å². The number of rotatable bonds is 7. The van der Waals surface area contributed by atoms with Crippen molar-refractivity contribution in [1.82, 2.24) is 25.2 Å². The molecule has 0 spiro atoms. The number of fused-ring (bicyclic) bond motifs is 1. The molecule has 158 valence electrons. The smallest absolute Gasteiger partial charge is 0.191 e. The van der Waals surface area contributed by atoms with Crippen LogP contribution >= 0.6 is 0 Å². The molecular weight excluding hydrogens is 380 g/mol. The van der Waals surface area contributed by atoms with Crippen molar-refractivity contribution in [2.75, 3.05) is 20.3 Å². The average molecular weight is 409 g/mol. The molecule has 3 aromatic rings. The summed E-state index contributed by atoms with van der Waals surface area (Å²) in [4.78, 5) is 4.32. The fraction of sp³-hybridized carbons (Fsp3) is 0.409. The lowest BCUT2D eigenvalue weighted by atomic mass is 10.1. The molecule has 1 atom stereocenters. The Kier molecular flexibility index (Phi) is 6.44. The fourth-order valence-electron chi connectivity index (χ4n) is 3.47. The van der Waals surface area contributed by atoms with Crippen LogP contribution in [0.3, 0.4) is 0 Å². The van der Waals surface area contributed by atoms with Gasteiger partial charge in [0.15, 0.2) is 17.4 Å². The quantitative estimate of drug-likeness (QED) is 0.461. The van der Waals surface area contributed by atoms with Crippen molar-refractivity contribution >= 4 is 11.6 Å². The van der Waals surface area contributed by atoms with E-state index < -0.39 is 0 Å². The van der Waals surface area contributed by atoms with Crippen LogP contribution in [-0.2, 0) is 17.8 Å². The number of aliphatic imine (C=N–C) groups is 1. The highest BCUT2D eigenvalue weighted by molar-refractivity contribution is 5.79. The second kappa shape index (κ2) is 9.58. The Morgan fingerprint density at radius 3 is 2.97 bits per heavy atom. The molecular formula is C22H28N6O2. The number of aromatic nitrogens is 3. The zero-order valence-corrected chi connectivity index (χ0v) is 17.5. The van der Waals surface area contributed by atoms with Crippen molar-refractivity contribution < 1.29 is 9.47 Å². The summed E-state index contributed by atoms with van der Waals surface area (Å²) in [5.41, 5.74) is 3.07. The Hall–Kier alpha value is -3.13. The molecule has 1 aromatic carbocycles. The van der Waals surface area contributed by atoms with Gasteiger partial charge in [0.2, 0.25) is 0 Å². The minimum Gasteiger partial charge on any atom is -0.491 e. The number of aryl methyl sites for hydroxylation is 1. The van der Waals surface area contributed by atoms with Crippen LogP contribution in [0.25, 0.3) is 5.65 Å². The van der Waals surface area contributed by atoms with E-state index in [4.69, 9.17) is 9.47 Å². The van der Waals surface area contributed by atoms with Crippen molar-refractivity contribution in [3.8, 4) is 5.75 Å². The molecule has 1 unspecified atom stereocenters. The molecule has 2 N–H and O–H groups in total. The summed E-state index contributed by atoms with van der Waals surface area (Å²) < 4.78 is 13.7. The Bertz CT molecular complexity index is 1010. The third kappa shape index (κ3) is 4.88. The highest BCUT2D eigenvalue weighted by Gasteiger charge is 2.17. The lowest BCUT2D eigenvalue weighted by Gasteiger charge is -2.17. The molecule has 0 bridgehead atoms. The zero-order chi connectivity index (χ0) is 20.8. The lowest BCUT2D eigenvalue weighted by Crippen LogP contribution is -2.36. The maximum atomic E-state index is 6.09. The van der Waals surface area contributed by atoms with Crippen LogP contribution in [0.15, 0.2) is 47.6 Å². The first-order valence-corrected chi connectivity index (χ1v) is 10.3. The maximum absolute atomic E-state index is 6.09. The molecule has 4 rings (SSSR count). The van der Waals surface area contributed by atoms with Crippen LogP contribution in [-0.4, -0.2) is 46.9 Å². The van der Waals surface area contributed by atoms with Gasteiger partial charge in [0.25, 0.3) is 0 Å². The molecule has 0 aliphatic carbocycles. The Morgan fingerprint density at radius 2 is 2.13 bits per heavy atom. The van der Waals surface area contributed by atoms with E-state index in [2.05, 4.69) is 50.9 Å². The molecule has 3 heterocycles. The van der Waals surface area contributed by atoms with E-state index in [1.807, 2.05) is 28.8 Å². The van der Waals surface area contributed by atoms with Crippen molar-refractivity contribution in [1.29, 1.82) is 0 Å². The third-order valence-corrected chi connectivity index (χ3v) is 5.14. The Balaban J connectivity index is 1.35. The number of hydrogen-bond acceptors (Lipinski definition) is 5. The first kappa shape index (κ1) is 20.2. The molecule has 0 amide bonds. The van der Waals surface area contributed by atoms with Gasteiger partial charge in [0, 0.05) is 32.0 Å². The Morgan fingerprint density at radius 1 is 1.23 bits per heavy atom. The van der Waals surface area contributed by atoms with E-state index in [0.717, 1.165) is 42.2 Å². The minimum atomic E-state index is 0.193. The fourth-order valence-corrected chi connectivity index (χ4v) is 3.47. The number of nitrogens with one attached hydrogen (secondary N) is 2. The molecule has 8 heteroatoms. The molecule has 8 nitrogen and oxygen atoms in total. The summed E-state index contributed by atoms with van der Waals surface area (Å²) in [7, 11) is 1.75. The van der Waals surface area contributed by atoms with Gasteiger partial charge in [-0.25, -0.2) is 0 Å². The molecule has 1 fully saturated rings. The highest BCUT2D eigenvalue weighted by Crippen LogP contribution is 2.22. The van der Waals surface area contributed by atoms with Crippen LogP contribution in [0.4, 0.5) is 0 Å². The largest absolute Gasteiger partial charge is 0.491 e. The number of nitrogens with zero attached hydrogens (tertiary/aromatic N) is 4. The van der Waals surface area contributed by atoms with E-state index in [-0.39, 0.29) is 6.10 Å². The summed E-state index contributed by atoms with van der Waals surface area (Å²) in [6, 6.07) is 12.1. The minimum absolute atomic E-state index is 0.193. The number of guanidine groups is 1. The first-order valence-electron chi connectivity index (χ1n) is 10.3. The van der Waals surface area contributed by atoms with Gasteiger partial charge in [-0.3, -0.25) is 9.39 Å². The van der Waals surface area contributed by atoms with Crippen LogP contribution in [0.2, 0.25) is 0 Å². The Labute approximate surface area is 176 Å². The van der Waals surface area contributed by atoms with E-state index in [1.165, 1.54) is 5.56 Å². The molecule has 0 saturated carbocycles. The van der Waals surface area contributed by atoms with Gasteiger partial charge in [-0.05, 0) is 43.5 Å². The maximum Gasteiger partial charge on any atom is 0.191 e. The monoisotopic (exact) mass is 408 g/mol. The zero-order valence-electron chi connectivity index (χ0n) is 17.5. The predicted molar refractivity (Wildman–Crippen MR) is 116 cm³/mol. The predicted octanol–water partition coefficient (Wildman–Crippen LogP) is 2.46. The summed E-state index contributed by atoms with van der Waals surface area (Å²) >= 11 is 0. The number of ether oxygens (including phenoxy) is 2. The average Bonchev–Trinajstić information content (AvgIpc) is 3.43. The van der Waals surface area contributed by atoms with Crippen LogP contribution in [0, 0.1) is 6.92 Å². The normalized spacial score (nSPS) is 16.7. The number of benzene rings is 1. The third-order valence-electron chi connectivity index (χ3n) is 5.14. The van der Waals surface area contributed by atoms with Gasteiger partial charge in [-0.2, -0.15) is 0 Å². The SMILES string of the molecule is CN=C(NCc1ccc(C)cc1OCC1CCCO1)NCc1nnc2ccccn12. The van der Waals surface area contributed by atoms with E-state index in [9.17, 15) is 0 Å². The lowest BCUT2D eigenvalue weighted by molar-refractivity contribution is 0.0676.